The first-order valence-electron chi connectivity index (χ1n) is 8.41. The molecule has 0 radical (unpaired) electrons. The fraction of sp³-hybridized carbons (Fsp3) is 0.444. The highest BCUT2D eigenvalue weighted by Crippen LogP contribution is 2.31. The van der Waals surface area contributed by atoms with Crippen molar-refractivity contribution in [2.45, 2.75) is 31.8 Å². The molecule has 1 aromatic heterocycles. The van der Waals surface area contributed by atoms with Gasteiger partial charge in [-0.25, -0.2) is 9.97 Å². The van der Waals surface area contributed by atoms with Crippen molar-refractivity contribution in [1.29, 1.82) is 0 Å². The highest BCUT2D eigenvalue weighted by atomic mass is 16.5. The number of hydrogen-bond donors (Lipinski definition) is 1. The van der Waals surface area contributed by atoms with Crippen LogP contribution < -0.4 is 15.0 Å². The van der Waals surface area contributed by atoms with Crippen LogP contribution in [0.5, 0.6) is 5.75 Å². The molecule has 2 aliphatic rings. The van der Waals surface area contributed by atoms with Crippen LogP contribution in [0.25, 0.3) is 0 Å². The molecular formula is C18H22N4O. The Balaban J connectivity index is 1.39. The van der Waals surface area contributed by atoms with Crippen molar-refractivity contribution in [3.05, 3.63) is 47.8 Å². The van der Waals surface area contributed by atoms with Gasteiger partial charge < -0.3 is 15.0 Å². The van der Waals surface area contributed by atoms with Crippen LogP contribution in [-0.2, 0) is 6.54 Å². The second kappa shape index (κ2) is 6.54. The van der Waals surface area contributed by atoms with Gasteiger partial charge in [-0.2, -0.15) is 0 Å². The van der Waals surface area contributed by atoms with Crippen LogP contribution in [0.1, 0.15) is 36.4 Å². The Hall–Kier alpha value is -2.14. The first-order chi connectivity index (χ1) is 11.4. The van der Waals surface area contributed by atoms with Gasteiger partial charge in [-0.05, 0) is 18.9 Å². The number of anilines is 1. The summed E-state index contributed by atoms with van der Waals surface area (Å²) < 4.78 is 5.71. The predicted molar refractivity (Wildman–Crippen MR) is 89.6 cm³/mol. The van der Waals surface area contributed by atoms with E-state index in [0.29, 0.717) is 6.04 Å². The third-order valence-electron chi connectivity index (χ3n) is 4.59. The van der Waals surface area contributed by atoms with Gasteiger partial charge in [0.1, 0.15) is 5.75 Å². The molecule has 2 aromatic rings. The lowest BCUT2D eigenvalue weighted by molar-refractivity contribution is 0.252. The topological polar surface area (TPSA) is 50.3 Å². The molecule has 1 unspecified atom stereocenters. The zero-order valence-corrected chi connectivity index (χ0v) is 13.2. The molecule has 0 aliphatic carbocycles. The summed E-state index contributed by atoms with van der Waals surface area (Å²) in [4.78, 5) is 11.3. The average Bonchev–Trinajstić information content (AvgIpc) is 3.15. The van der Waals surface area contributed by atoms with Crippen LogP contribution in [-0.4, -0.2) is 29.7 Å². The fourth-order valence-corrected chi connectivity index (χ4v) is 3.31. The van der Waals surface area contributed by atoms with E-state index in [1.54, 1.807) is 0 Å². The molecule has 3 heterocycles. The van der Waals surface area contributed by atoms with Crippen molar-refractivity contribution in [2.75, 3.05) is 24.6 Å². The van der Waals surface area contributed by atoms with Crippen LogP contribution in [0.4, 0.5) is 5.95 Å². The van der Waals surface area contributed by atoms with Gasteiger partial charge in [0.2, 0.25) is 5.95 Å². The molecule has 120 valence electrons. The van der Waals surface area contributed by atoms with E-state index in [2.05, 4.69) is 32.3 Å². The number of nitrogens with zero attached hydrogens (tertiary/aromatic N) is 3. The molecule has 0 amide bonds. The Kier molecular flexibility index (Phi) is 4.11. The van der Waals surface area contributed by atoms with E-state index in [1.807, 2.05) is 24.5 Å². The third-order valence-corrected chi connectivity index (χ3v) is 4.59. The molecule has 4 rings (SSSR count). The van der Waals surface area contributed by atoms with E-state index in [9.17, 15) is 0 Å². The molecule has 1 atom stereocenters. The highest BCUT2D eigenvalue weighted by molar-refractivity contribution is 5.37. The molecule has 1 fully saturated rings. The van der Waals surface area contributed by atoms with Gasteiger partial charge in [-0.3, -0.25) is 0 Å². The first kappa shape index (κ1) is 14.5. The van der Waals surface area contributed by atoms with Crippen LogP contribution in [0.3, 0.4) is 0 Å². The smallest absolute Gasteiger partial charge is 0.225 e. The molecule has 1 saturated heterocycles. The fourth-order valence-electron chi connectivity index (χ4n) is 3.31. The number of benzene rings is 1. The van der Waals surface area contributed by atoms with E-state index in [1.165, 1.54) is 18.4 Å². The summed E-state index contributed by atoms with van der Waals surface area (Å²) in [7, 11) is 0. The van der Waals surface area contributed by atoms with Crippen LogP contribution in [0.15, 0.2) is 36.7 Å². The molecule has 23 heavy (non-hydrogen) atoms. The van der Waals surface area contributed by atoms with Gasteiger partial charge in [0, 0.05) is 55.6 Å². The summed E-state index contributed by atoms with van der Waals surface area (Å²) in [5, 5.41) is 3.61. The summed E-state index contributed by atoms with van der Waals surface area (Å²) in [5.41, 5.74) is 2.37. The lowest BCUT2D eigenvalue weighted by atomic mass is 10.0. The maximum atomic E-state index is 5.71. The Labute approximate surface area is 136 Å². The summed E-state index contributed by atoms with van der Waals surface area (Å²) in [6.07, 6.45) is 7.37. The summed E-state index contributed by atoms with van der Waals surface area (Å²) >= 11 is 0. The SMILES string of the molecule is c1ccc2c(c1)OCCC2NCc1cnc(N2CCCC2)nc1. The quantitative estimate of drug-likeness (QED) is 0.941. The zero-order chi connectivity index (χ0) is 15.5. The van der Waals surface area contributed by atoms with Crippen LogP contribution >= 0.6 is 0 Å². The summed E-state index contributed by atoms with van der Waals surface area (Å²) in [5.74, 6) is 1.86. The summed E-state index contributed by atoms with van der Waals surface area (Å²) in [6, 6.07) is 8.59. The molecular weight excluding hydrogens is 288 g/mol. The van der Waals surface area contributed by atoms with Gasteiger partial charge in [-0.15, -0.1) is 0 Å². The van der Waals surface area contributed by atoms with E-state index < -0.39 is 0 Å². The molecule has 0 saturated carbocycles. The van der Waals surface area contributed by atoms with Gasteiger partial charge in [0.25, 0.3) is 0 Å². The number of nitrogens with one attached hydrogen (secondary N) is 1. The van der Waals surface area contributed by atoms with Crippen LogP contribution in [0, 0.1) is 0 Å². The Morgan fingerprint density at radius 3 is 2.74 bits per heavy atom. The number of ether oxygens (including phenoxy) is 1. The predicted octanol–water partition coefficient (Wildman–Crippen LogP) is 2.69. The minimum atomic E-state index is 0.332. The second-order valence-electron chi connectivity index (χ2n) is 6.19. The number of hydrogen-bond acceptors (Lipinski definition) is 5. The molecule has 5 heteroatoms. The molecule has 1 N–H and O–H groups in total. The van der Waals surface area contributed by atoms with E-state index in [0.717, 1.165) is 49.9 Å². The van der Waals surface area contributed by atoms with Gasteiger partial charge in [0.15, 0.2) is 0 Å². The Bertz CT molecular complexity index is 652. The molecule has 0 spiro atoms. The third kappa shape index (κ3) is 3.15. The normalized spacial score (nSPS) is 20.2. The minimum Gasteiger partial charge on any atom is -0.493 e. The number of para-hydroxylation sites is 1. The highest BCUT2D eigenvalue weighted by Gasteiger charge is 2.20. The Morgan fingerprint density at radius 2 is 1.91 bits per heavy atom. The molecule has 2 aliphatic heterocycles. The maximum absolute atomic E-state index is 5.71. The minimum absolute atomic E-state index is 0.332. The summed E-state index contributed by atoms with van der Waals surface area (Å²) in [6.45, 7) is 3.70. The van der Waals surface area contributed by atoms with Crippen molar-refractivity contribution < 1.29 is 4.74 Å². The van der Waals surface area contributed by atoms with Crippen molar-refractivity contribution >= 4 is 5.95 Å². The second-order valence-corrected chi connectivity index (χ2v) is 6.19. The maximum Gasteiger partial charge on any atom is 0.225 e. The zero-order valence-electron chi connectivity index (χ0n) is 13.2. The van der Waals surface area contributed by atoms with Crippen molar-refractivity contribution in [3.63, 3.8) is 0 Å². The van der Waals surface area contributed by atoms with Crippen molar-refractivity contribution in [2.24, 2.45) is 0 Å². The van der Waals surface area contributed by atoms with Gasteiger partial charge >= 0.3 is 0 Å². The lowest BCUT2D eigenvalue weighted by Gasteiger charge is -2.26. The Morgan fingerprint density at radius 1 is 1.13 bits per heavy atom. The monoisotopic (exact) mass is 310 g/mol. The molecule has 1 aromatic carbocycles. The van der Waals surface area contributed by atoms with Crippen LogP contribution in [0.2, 0.25) is 0 Å². The van der Waals surface area contributed by atoms with E-state index in [-0.39, 0.29) is 0 Å². The standard InChI is InChI=1S/C18H22N4O/c1-2-6-17-15(5-1)16(7-10-23-17)19-11-14-12-20-18(21-13-14)22-8-3-4-9-22/h1-2,5-6,12-13,16,19H,3-4,7-11H2. The number of aromatic nitrogens is 2. The largest absolute Gasteiger partial charge is 0.493 e. The molecule has 5 nitrogen and oxygen atoms in total. The first-order valence-corrected chi connectivity index (χ1v) is 8.41. The van der Waals surface area contributed by atoms with Gasteiger partial charge in [0.05, 0.1) is 6.61 Å². The number of rotatable bonds is 4. The van der Waals surface area contributed by atoms with Crippen molar-refractivity contribution in [3.8, 4) is 5.75 Å². The van der Waals surface area contributed by atoms with E-state index >= 15 is 0 Å². The number of fused-ring (bicyclic) bond motifs is 1. The van der Waals surface area contributed by atoms with Gasteiger partial charge in [-0.1, -0.05) is 18.2 Å². The average molecular weight is 310 g/mol. The van der Waals surface area contributed by atoms with E-state index in [4.69, 9.17) is 4.74 Å². The molecule has 0 bridgehead atoms. The van der Waals surface area contributed by atoms with Crippen molar-refractivity contribution in [1.82, 2.24) is 15.3 Å². The lowest BCUT2D eigenvalue weighted by Crippen LogP contribution is -2.27.